The third-order valence-electron chi connectivity index (χ3n) is 14.5. The molecule has 0 saturated heterocycles. The molecule has 0 atom stereocenters. The fourth-order valence-corrected chi connectivity index (χ4v) is 10.6. The molecule has 0 amide bonds. The maximum atomic E-state index is 14.3. The predicted octanol–water partition coefficient (Wildman–Crippen LogP) is 18.2. The Morgan fingerprint density at radius 2 is 0.649 bits per heavy atom. The highest BCUT2D eigenvalue weighted by Gasteiger charge is 2.32. The van der Waals surface area contributed by atoms with Gasteiger partial charge in [0.25, 0.3) is 0 Å². The molecule has 74 heavy (non-hydrogen) atoms. The molecule has 12 aromatic rings. The standard InChI is InChI=1S/C67H45F3N4/c1-40-5-13-44(14-6-40)48-21-27-61-56(32-48)57-33-49(45-15-7-41(2)8-16-45)22-28-62(57)73(61)65-36-52(55-26-25-54(67(68,69)70)31-53(55)38-71)37-66(60(65)39-72)74-63-29-23-50(46-17-9-42(3)10-18-46)34-58(63)59-35-51(24-30-64(59)74)47-19-11-43(4)12-20-47/h5-37H,1-4H3. The van der Waals surface area contributed by atoms with E-state index in [1.165, 1.54) is 6.07 Å². The first-order chi connectivity index (χ1) is 35.8. The maximum Gasteiger partial charge on any atom is 0.416 e. The van der Waals surface area contributed by atoms with Gasteiger partial charge < -0.3 is 9.13 Å². The lowest BCUT2D eigenvalue weighted by Crippen LogP contribution is -2.07. The summed E-state index contributed by atoms with van der Waals surface area (Å²) in [5.74, 6) is 0. The van der Waals surface area contributed by atoms with E-state index in [2.05, 4.69) is 219 Å². The van der Waals surface area contributed by atoms with Gasteiger partial charge >= 0.3 is 6.18 Å². The predicted molar refractivity (Wildman–Crippen MR) is 296 cm³/mol. The summed E-state index contributed by atoms with van der Waals surface area (Å²) in [7, 11) is 0. The van der Waals surface area contributed by atoms with Crippen LogP contribution in [-0.2, 0) is 6.18 Å². The van der Waals surface area contributed by atoms with Gasteiger partial charge in [0.15, 0.2) is 0 Å². The van der Waals surface area contributed by atoms with E-state index in [0.29, 0.717) is 28.1 Å². The largest absolute Gasteiger partial charge is 0.416 e. The van der Waals surface area contributed by atoms with E-state index in [0.717, 1.165) is 123 Å². The highest BCUT2D eigenvalue weighted by molar-refractivity contribution is 6.14. The number of nitrogens with zero attached hydrogens (tertiary/aromatic N) is 4. The topological polar surface area (TPSA) is 57.4 Å². The molecule has 0 radical (unpaired) electrons. The number of nitriles is 2. The molecule has 0 spiro atoms. The summed E-state index contributed by atoms with van der Waals surface area (Å²) >= 11 is 0. The van der Waals surface area contributed by atoms with Crippen molar-refractivity contribution in [2.45, 2.75) is 33.9 Å². The lowest BCUT2D eigenvalue weighted by atomic mass is 9.95. The third-order valence-corrected chi connectivity index (χ3v) is 14.5. The van der Waals surface area contributed by atoms with Crippen molar-refractivity contribution >= 4 is 43.6 Å². The molecule has 0 unspecified atom stereocenters. The summed E-state index contributed by atoms with van der Waals surface area (Å²) in [5, 5.41) is 26.2. The summed E-state index contributed by atoms with van der Waals surface area (Å²) in [6, 6.07) is 71.0. The Bertz CT molecular complexity index is 3870. The molecule has 7 heteroatoms. The molecule has 2 aromatic heterocycles. The van der Waals surface area contributed by atoms with Crippen LogP contribution in [0.2, 0.25) is 0 Å². The van der Waals surface area contributed by atoms with Crippen LogP contribution >= 0.6 is 0 Å². The Labute approximate surface area is 426 Å². The van der Waals surface area contributed by atoms with E-state index in [9.17, 15) is 23.7 Å². The van der Waals surface area contributed by atoms with Gasteiger partial charge in [-0.05, 0) is 156 Å². The SMILES string of the molecule is Cc1ccc(-c2ccc3c(c2)c2cc(-c4ccc(C)cc4)ccc2n3-c2cc(-c3ccc(C(F)(F)F)cc3C#N)cc(-n3c4ccc(-c5ccc(C)cc5)cc4c4cc(-c5ccc(C)cc5)ccc43)c2C#N)cc1. The van der Waals surface area contributed by atoms with Crippen LogP contribution in [0, 0.1) is 50.4 Å². The van der Waals surface area contributed by atoms with Crippen molar-refractivity contribution in [3.63, 3.8) is 0 Å². The first-order valence-corrected chi connectivity index (χ1v) is 24.5. The van der Waals surface area contributed by atoms with Gasteiger partial charge in [-0.25, -0.2) is 0 Å². The van der Waals surface area contributed by atoms with Crippen molar-refractivity contribution in [2.75, 3.05) is 0 Å². The van der Waals surface area contributed by atoms with Gasteiger partial charge in [0.2, 0.25) is 0 Å². The monoisotopic (exact) mass is 962 g/mol. The van der Waals surface area contributed by atoms with Gasteiger partial charge in [-0.15, -0.1) is 0 Å². The number of halogens is 3. The summed E-state index contributed by atoms with van der Waals surface area (Å²) in [6.45, 7) is 8.27. The van der Waals surface area contributed by atoms with Gasteiger partial charge in [-0.3, -0.25) is 0 Å². The van der Waals surface area contributed by atoms with Gasteiger partial charge in [-0.1, -0.05) is 150 Å². The number of hydrogen-bond acceptors (Lipinski definition) is 2. The van der Waals surface area contributed by atoms with Crippen molar-refractivity contribution in [3.05, 3.63) is 239 Å². The number of hydrogen-bond donors (Lipinski definition) is 0. The Kier molecular flexibility index (Phi) is 10.9. The van der Waals surface area contributed by atoms with Crippen LogP contribution in [0.15, 0.2) is 200 Å². The first kappa shape index (κ1) is 45.7. The van der Waals surface area contributed by atoms with Crippen LogP contribution in [0.25, 0.3) is 111 Å². The highest BCUT2D eigenvalue weighted by atomic mass is 19.4. The fourth-order valence-electron chi connectivity index (χ4n) is 10.6. The lowest BCUT2D eigenvalue weighted by molar-refractivity contribution is -0.137. The minimum atomic E-state index is -4.67. The summed E-state index contributed by atoms with van der Waals surface area (Å²) in [5.41, 5.74) is 17.4. The molecule has 0 fully saturated rings. The van der Waals surface area contributed by atoms with E-state index in [1.807, 2.05) is 12.1 Å². The number of aromatic nitrogens is 2. The van der Waals surface area contributed by atoms with E-state index >= 15 is 0 Å². The number of alkyl halides is 3. The molecule has 2 heterocycles. The van der Waals surface area contributed by atoms with Crippen LogP contribution < -0.4 is 0 Å². The zero-order valence-corrected chi connectivity index (χ0v) is 41.0. The quantitative estimate of drug-likeness (QED) is 0.160. The summed E-state index contributed by atoms with van der Waals surface area (Å²) in [4.78, 5) is 0. The second-order valence-corrected chi connectivity index (χ2v) is 19.4. The molecule has 10 aromatic carbocycles. The molecule has 0 aliphatic rings. The smallest absolute Gasteiger partial charge is 0.308 e. The fraction of sp³-hybridized carbons (Fsp3) is 0.0746. The lowest BCUT2D eigenvalue weighted by Gasteiger charge is -2.19. The third kappa shape index (κ3) is 7.87. The molecule has 354 valence electrons. The number of rotatable bonds is 7. The summed E-state index contributed by atoms with van der Waals surface area (Å²) in [6.07, 6.45) is -4.67. The van der Waals surface area contributed by atoms with Crippen molar-refractivity contribution in [1.29, 1.82) is 10.5 Å². The zero-order valence-electron chi connectivity index (χ0n) is 41.0. The molecular formula is C67H45F3N4. The minimum absolute atomic E-state index is 0.137. The second-order valence-electron chi connectivity index (χ2n) is 19.4. The van der Waals surface area contributed by atoms with Gasteiger partial charge in [0.1, 0.15) is 11.6 Å². The molecule has 4 nitrogen and oxygen atoms in total. The average Bonchev–Trinajstić information content (AvgIpc) is 3.93. The average molecular weight is 963 g/mol. The van der Waals surface area contributed by atoms with Crippen molar-refractivity contribution in [3.8, 4) is 79.1 Å². The summed E-state index contributed by atoms with van der Waals surface area (Å²) < 4.78 is 47.1. The van der Waals surface area contributed by atoms with Crippen LogP contribution in [0.5, 0.6) is 0 Å². The van der Waals surface area contributed by atoms with E-state index in [4.69, 9.17) is 0 Å². The normalized spacial score (nSPS) is 11.7. The van der Waals surface area contributed by atoms with Crippen molar-refractivity contribution < 1.29 is 13.2 Å². The zero-order chi connectivity index (χ0) is 51.0. The molecule has 0 saturated carbocycles. The molecule has 0 bridgehead atoms. The number of benzene rings is 10. The number of fused-ring (bicyclic) bond motifs is 6. The van der Waals surface area contributed by atoms with Crippen LogP contribution in [0.4, 0.5) is 13.2 Å². The van der Waals surface area contributed by atoms with Crippen molar-refractivity contribution in [2.24, 2.45) is 0 Å². The minimum Gasteiger partial charge on any atom is -0.308 e. The van der Waals surface area contributed by atoms with Crippen LogP contribution in [0.1, 0.15) is 38.9 Å². The highest BCUT2D eigenvalue weighted by Crippen LogP contribution is 2.44. The van der Waals surface area contributed by atoms with Crippen molar-refractivity contribution in [1.82, 2.24) is 9.13 Å². The molecule has 0 aliphatic carbocycles. The Morgan fingerprint density at radius 3 is 0.932 bits per heavy atom. The van der Waals surface area contributed by atoms with Crippen LogP contribution in [-0.4, -0.2) is 9.13 Å². The Hall–Kier alpha value is -9.43. The Morgan fingerprint density at radius 1 is 0.338 bits per heavy atom. The molecule has 12 rings (SSSR count). The van der Waals surface area contributed by atoms with Gasteiger partial charge in [0, 0.05) is 21.5 Å². The first-order valence-electron chi connectivity index (χ1n) is 24.5. The number of aryl methyl sites for hydroxylation is 4. The molecule has 0 aliphatic heterocycles. The second kappa shape index (κ2) is 17.7. The Balaban J connectivity index is 1.19. The van der Waals surface area contributed by atoms with Crippen LogP contribution in [0.3, 0.4) is 0 Å². The van der Waals surface area contributed by atoms with E-state index < -0.39 is 11.7 Å². The maximum absolute atomic E-state index is 14.3. The van der Waals surface area contributed by atoms with E-state index in [-0.39, 0.29) is 5.56 Å². The molecular weight excluding hydrogens is 918 g/mol. The van der Waals surface area contributed by atoms with Gasteiger partial charge in [0.05, 0.1) is 50.6 Å². The van der Waals surface area contributed by atoms with Gasteiger partial charge in [-0.2, -0.15) is 23.7 Å². The molecule has 0 N–H and O–H groups in total. The van der Waals surface area contributed by atoms with E-state index in [1.54, 1.807) is 0 Å².